The van der Waals surface area contributed by atoms with Crippen LogP contribution >= 0.6 is 0 Å². The Kier molecular flexibility index (Phi) is 3.71. The first-order valence-corrected chi connectivity index (χ1v) is 7.61. The molecule has 4 nitrogen and oxygen atoms in total. The van der Waals surface area contributed by atoms with Gasteiger partial charge in [-0.2, -0.15) is 13.9 Å². The highest BCUT2D eigenvalue weighted by molar-refractivity contribution is 5.92. The highest BCUT2D eigenvalue weighted by Gasteiger charge is 2.42. The van der Waals surface area contributed by atoms with Crippen molar-refractivity contribution in [2.75, 3.05) is 0 Å². The molecule has 6 heteroatoms. The van der Waals surface area contributed by atoms with Crippen LogP contribution in [-0.2, 0) is 0 Å². The smallest absolute Gasteiger partial charge is 0.333 e. The largest absolute Gasteiger partial charge is 0.348 e. The molecule has 1 aromatic rings. The normalized spacial score (nSPS) is 29.1. The van der Waals surface area contributed by atoms with Crippen molar-refractivity contribution in [1.82, 2.24) is 15.1 Å². The molecule has 0 unspecified atom stereocenters. The number of carbonyl (C=O) groups excluding carboxylic acids is 1. The highest BCUT2D eigenvalue weighted by Crippen LogP contribution is 2.49. The maximum Gasteiger partial charge on any atom is 0.333 e. The summed E-state index contributed by atoms with van der Waals surface area (Å²) in [5.41, 5.74) is 0.366. The molecule has 1 aromatic heterocycles. The molecule has 2 aliphatic rings. The lowest BCUT2D eigenvalue weighted by atomic mass is 9.84. The lowest BCUT2D eigenvalue weighted by molar-refractivity contribution is 0.0538. The fourth-order valence-electron chi connectivity index (χ4n) is 4.09. The van der Waals surface area contributed by atoms with Gasteiger partial charge in [0, 0.05) is 11.7 Å². The Morgan fingerprint density at radius 2 is 2.19 bits per heavy atom. The van der Waals surface area contributed by atoms with Crippen molar-refractivity contribution in [3.63, 3.8) is 0 Å². The average Bonchev–Trinajstić information content (AvgIpc) is 3.12. The van der Waals surface area contributed by atoms with Crippen LogP contribution in [0.3, 0.4) is 0 Å². The molecule has 0 radical (unpaired) electrons. The Labute approximate surface area is 122 Å². The topological polar surface area (TPSA) is 46.9 Å². The summed E-state index contributed by atoms with van der Waals surface area (Å²) in [6.45, 7) is 0.824. The molecule has 116 valence electrons. The molecule has 1 heterocycles. The van der Waals surface area contributed by atoms with Crippen molar-refractivity contribution in [1.29, 1.82) is 0 Å². The summed E-state index contributed by atoms with van der Waals surface area (Å²) < 4.78 is 25.9. The Bertz CT molecular complexity index is 543. The molecule has 2 fully saturated rings. The molecule has 3 rings (SSSR count). The molecular weight excluding hydrogens is 276 g/mol. The third-order valence-electron chi connectivity index (χ3n) is 5.13. The fraction of sp³-hybridized carbons (Fsp3) is 0.733. The number of aromatic nitrogens is 2. The van der Waals surface area contributed by atoms with Gasteiger partial charge in [0.15, 0.2) is 5.69 Å². The van der Waals surface area contributed by atoms with E-state index in [1.54, 1.807) is 0 Å². The van der Waals surface area contributed by atoms with Gasteiger partial charge >= 0.3 is 6.55 Å². The molecular formula is C15H21F2N3O. The zero-order chi connectivity index (χ0) is 15.1. The van der Waals surface area contributed by atoms with Crippen LogP contribution in [0.25, 0.3) is 0 Å². The summed E-state index contributed by atoms with van der Waals surface area (Å²) in [6.07, 6.45) is 5.04. The fourth-order valence-corrected chi connectivity index (χ4v) is 4.09. The maximum atomic E-state index is 12.7. The molecule has 21 heavy (non-hydrogen) atoms. The van der Waals surface area contributed by atoms with Crippen molar-refractivity contribution in [2.45, 2.75) is 52.1 Å². The Balaban J connectivity index is 1.64. The molecule has 0 aliphatic heterocycles. The Morgan fingerprint density at radius 3 is 2.71 bits per heavy atom. The molecule has 2 bridgehead atoms. The first kappa shape index (κ1) is 14.5. The average molecular weight is 297 g/mol. The number of nitrogens with zero attached hydrogens (tertiary/aromatic N) is 2. The number of fused-ring (bicyclic) bond motifs is 2. The van der Waals surface area contributed by atoms with Crippen LogP contribution in [0, 0.1) is 24.7 Å². The van der Waals surface area contributed by atoms with Crippen molar-refractivity contribution in [2.24, 2.45) is 17.8 Å². The van der Waals surface area contributed by atoms with Crippen LogP contribution in [0.2, 0.25) is 0 Å². The van der Waals surface area contributed by atoms with Gasteiger partial charge in [-0.1, -0.05) is 6.42 Å². The van der Waals surface area contributed by atoms with Gasteiger partial charge in [-0.05, 0) is 56.9 Å². The van der Waals surface area contributed by atoms with E-state index in [0.29, 0.717) is 22.2 Å². The van der Waals surface area contributed by atoms with Crippen molar-refractivity contribution >= 4 is 5.91 Å². The van der Waals surface area contributed by atoms with Gasteiger partial charge in [0.25, 0.3) is 5.91 Å². The number of nitrogens with one attached hydrogen (secondary N) is 1. The standard InChI is InChI=1S/C15H21F2N3O/c1-8-5-13(19-20(8)15(16)17)14(21)18-9(2)12-7-10-3-4-11(12)6-10/h5,9-12,15H,3-4,6-7H2,1-2H3,(H,18,21)/t9-,10+,11+,12+/m0/s1. The lowest BCUT2D eigenvalue weighted by Crippen LogP contribution is -2.40. The van der Waals surface area contributed by atoms with Crippen LogP contribution in [0.4, 0.5) is 8.78 Å². The van der Waals surface area contributed by atoms with Crippen LogP contribution in [0.5, 0.6) is 0 Å². The van der Waals surface area contributed by atoms with Crippen molar-refractivity contribution in [3.8, 4) is 0 Å². The van der Waals surface area contributed by atoms with Gasteiger partial charge in [0.05, 0.1) is 0 Å². The zero-order valence-corrected chi connectivity index (χ0v) is 12.4. The number of hydrogen-bond acceptors (Lipinski definition) is 2. The minimum Gasteiger partial charge on any atom is -0.348 e. The Morgan fingerprint density at radius 1 is 1.43 bits per heavy atom. The first-order chi connectivity index (χ1) is 9.95. The molecule has 1 N–H and O–H groups in total. The molecule has 2 saturated carbocycles. The number of amides is 1. The predicted molar refractivity (Wildman–Crippen MR) is 74.1 cm³/mol. The lowest BCUT2D eigenvalue weighted by Gasteiger charge is -2.28. The second-order valence-electron chi connectivity index (χ2n) is 6.49. The second-order valence-corrected chi connectivity index (χ2v) is 6.49. The summed E-state index contributed by atoms with van der Waals surface area (Å²) in [5.74, 6) is 1.70. The van der Waals surface area contributed by atoms with Gasteiger partial charge in [-0.25, -0.2) is 4.68 Å². The van der Waals surface area contributed by atoms with E-state index in [-0.39, 0.29) is 17.6 Å². The summed E-state index contributed by atoms with van der Waals surface area (Å²) >= 11 is 0. The number of hydrogen-bond donors (Lipinski definition) is 1. The van der Waals surface area contributed by atoms with Gasteiger partial charge in [-0.15, -0.1) is 0 Å². The minimum atomic E-state index is -2.71. The van der Waals surface area contributed by atoms with Crippen LogP contribution < -0.4 is 5.32 Å². The SMILES string of the molecule is Cc1cc(C(=O)N[C@@H](C)[C@H]2C[C@@H]3CC[C@@H]2C3)nn1C(F)F. The third-order valence-corrected chi connectivity index (χ3v) is 5.13. The Hall–Kier alpha value is -1.46. The van der Waals surface area contributed by atoms with Crippen LogP contribution in [0.15, 0.2) is 6.07 Å². The van der Waals surface area contributed by atoms with E-state index in [0.717, 1.165) is 5.92 Å². The predicted octanol–water partition coefficient (Wildman–Crippen LogP) is 3.14. The van der Waals surface area contributed by atoms with Crippen LogP contribution in [-0.4, -0.2) is 21.7 Å². The van der Waals surface area contributed by atoms with E-state index >= 15 is 0 Å². The van der Waals surface area contributed by atoms with E-state index in [4.69, 9.17) is 0 Å². The maximum absolute atomic E-state index is 12.7. The van der Waals surface area contributed by atoms with E-state index < -0.39 is 6.55 Å². The molecule has 1 amide bonds. The second kappa shape index (κ2) is 5.39. The molecule has 2 aliphatic carbocycles. The number of rotatable bonds is 4. The van der Waals surface area contributed by atoms with Gasteiger partial charge in [0.2, 0.25) is 0 Å². The zero-order valence-electron chi connectivity index (χ0n) is 12.4. The molecule has 4 atom stereocenters. The third kappa shape index (κ3) is 2.68. The minimum absolute atomic E-state index is 0.0720. The van der Waals surface area contributed by atoms with Gasteiger partial charge < -0.3 is 5.32 Å². The summed E-state index contributed by atoms with van der Waals surface area (Å²) in [5, 5.41) is 6.63. The number of alkyl halides is 2. The van der Waals surface area contributed by atoms with Crippen molar-refractivity contribution in [3.05, 3.63) is 17.5 Å². The molecule has 0 aromatic carbocycles. The van der Waals surface area contributed by atoms with Crippen LogP contribution in [0.1, 0.15) is 55.3 Å². The van der Waals surface area contributed by atoms with E-state index in [2.05, 4.69) is 10.4 Å². The summed E-state index contributed by atoms with van der Waals surface area (Å²) in [6, 6.07) is 1.49. The number of halogens is 2. The quantitative estimate of drug-likeness (QED) is 0.928. The van der Waals surface area contributed by atoms with Gasteiger partial charge in [0.1, 0.15) is 0 Å². The monoisotopic (exact) mass is 297 g/mol. The highest BCUT2D eigenvalue weighted by atomic mass is 19.3. The summed E-state index contributed by atoms with van der Waals surface area (Å²) in [4.78, 5) is 12.2. The number of aryl methyl sites for hydroxylation is 1. The van der Waals surface area contributed by atoms with Crippen molar-refractivity contribution < 1.29 is 13.6 Å². The summed E-state index contributed by atoms with van der Waals surface area (Å²) in [7, 11) is 0. The first-order valence-electron chi connectivity index (χ1n) is 7.61. The van der Waals surface area contributed by atoms with E-state index in [9.17, 15) is 13.6 Å². The molecule has 0 saturated heterocycles. The van der Waals surface area contributed by atoms with Gasteiger partial charge in [-0.3, -0.25) is 4.79 Å². The van der Waals surface area contributed by atoms with E-state index in [1.807, 2.05) is 6.92 Å². The van der Waals surface area contributed by atoms with E-state index in [1.165, 1.54) is 38.7 Å². The number of carbonyl (C=O) groups is 1. The molecule has 0 spiro atoms.